The molecular weight excluding hydrogens is 275 g/mol. The molecule has 0 fully saturated rings. The highest BCUT2D eigenvalue weighted by Crippen LogP contribution is 2.39. The Hall–Kier alpha value is -1.52. The smallest absolute Gasteiger partial charge is 0.326 e. The molecule has 5 heteroatoms. The molecule has 0 aliphatic heterocycles. The van der Waals surface area contributed by atoms with Gasteiger partial charge in [0.05, 0.1) is 5.56 Å². The zero-order valence-corrected chi connectivity index (χ0v) is 10.6. The highest BCUT2D eigenvalue weighted by atomic mass is 35.5. The summed E-state index contributed by atoms with van der Waals surface area (Å²) < 4.78 is 38.8. The lowest BCUT2D eigenvalue weighted by Crippen LogP contribution is -2.07. The molecule has 0 saturated carbocycles. The molecule has 0 aliphatic rings. The van der Waals surface area contributed by atoms with Crippen molar-refractivity contribution in [2.24, 2.45) is 5.73 Å². The van der Waals surface area contributed by atoms with Crippen LogP contribution in [0.1, 0.15) is 11.1 Å². The van der Waals surface area contributed by atoms with Crippen molar-refractivity contribution in [3.63, 3.8) is 0 Å². The molecule has 2 aromatic rings. The fourth-order valence-electron chi connectivity index (χ4n) is 1.87. The van der Waals surface area contributed by atoms with E-state index < -0.39 is 11.7 Å². The van der Waals surface area contributed by atoms with E-state index in [0.717, 1.165) is 11.6 Å². The van der Waals surface area contributed by atoms with Crippen molar-refractivity contribution in [3.05, 3.63) is 58.6 Å². The SMILES string of the molecule is NCc1ccc(-c2ccccc2C(F)(F)F)c(Cl)c1. The Morgan fingerprint density at radius 2 is 1.68 bits per heavy atom. The first kappa shape index (κ1) is 13.9. The van der Waals surface area contributed by atoms with Gasteiger partial charge in [-0.25, -0.2) is 0 Å². The minimum Gasteiger partial charge on any atom is -0.326 e. The lowest BCUT2D eigenvalue weighted by Gasteiger charge is -2.14. The molecule has 0 amide bonds. The zero-order valence-electron chi connectivity index (χ0n) is 9.84. The number of alkyl halides is 3. The molecule has 1 nitrogen and oxygen atoms in total. The summed E-state index contributed by atoms with van der Waals surface area (Å²) in [6, 6.07) is 10.2. The van der Waals surface area contributed by atoms with Crippen LogP contribution in [0.3, 0.4) is 0 Å². The van der Waals surface area contributed by atoms with Crippen LogP contribution in [0.5, 0.6) is 0 Å². The van der Waals surface area contributed by atoms with E-state index in [1.165, 1.54) is 12.1 Å². The normalized spacial score (nSPS) is 11.6. The molecule has 2 N–H and O–H groups in total. The average molecular weight is 286 g/mol. The standard InChI is InChI=1S/C14H11ClF3N/c15-13-7-9(8-19)5-6-11(13)10-3-1-2-4-12(10)14(16,17)18/h1-7H,8,19H2. The van der Waals surface area contributed by atoms with Crippen LogP contribution in [-0.4, -0.2) is 0 Å². The summed E-state index contributed by atoms with van der Waals surface area (Å²) in [6.45, 7) is 0.293. The van der Waals surface area contributed by atoms with Crippen molar-refractivity contribution >= 4 is 11.6 Å². The first-order chi connectivity index (χ1) is 8.93. The first-order valence-corrected chi connectivity index (χ1v) is 5.96. The lowest BCUT2D eigenvalue weighted by molar-refractivity contribution is -0.137. The second-order valence-corrected chi connectivity index (χ2v) is 4.47. The third-order valence-electron chi connectivity index (χ3n) is 2.79. The van der Waals surface area contributed by atoms with Crippen LogP contribution < -0.4 is 5.73 Å². The van der Waals surface area contributed by atoms with E-state index >= 15 is 0 Å². The Morgan fingerprint density at radius 3 is 2.26 bits per heavy atom. The third-order valence-corrected chi connectivity index (χ3v) is 3.10. The van der Waals surface area contributed by atoms with Crippen molar-refractivity contribution in [3.8, 4) is 11.1 Å². The van der Waals surface area contributed by atoms with Gasteiger partial charge in [0.15, 0.2) is 0 Å². The Kier molecular flexibility index (Phi) is 3.83. The first-order valence-electron chi connectivity index (χ1n) is 5.58. The Balaban J connectivity index is 2.60. The fraction of sp³-hybridized carbons (Fsp3) is 0.143. The van der Waals surface area contributed by atoms with Crippen LogP contribution in [-0.2, 0) is 12.7 Å². The number of hydrogen-bond donors (Lipinski definition) is 1. The molecule has 0 saturated heterocycles. The van der Waals surface area contributed by atoms with Crippen molar-refractivity contribution in [2.45, 2.75) is 12.7 Å². The molecule has 2 rings (SSSR count). The van der Waals surface area contributed by atoms with Crippen LogP contribution in [0.4, 0.5) is 13.2 Å². The largest absolute Gasteiger partial charge is 0.417 e. The monoisotopic (exact) mass is 285 g/mol. The topological polar surface area (TPSA) is 26.0 Å². The van der Waals surface area contributed by atoms with Gasteiger partial charge in [-0.05, 0) is 23.3 Å². The Labute approximate surface area is 113 Å². The van der Waals surface area contributed by atoms with Gasteiger partial charge in [-0.3, -0.25) is 0 Å². The minimum atomic E-state index is -4.41. The Bertz CT molecular complexity index is 593. The zero-order chi connectivity index (χ0) is 14.0. The molecule has 100 valence electrons. The lowest BCUT2D eigenvalue weighted by atomic mass is 9.98. The number of halogens is 4. The molecule has 19 heavy (non-hydrogen) atoms. The maximum atomic E-state index is 12.9. The molecule has 0 bridgehead atoms. The fourth-order valence-corrected chi connectivity index (χ4v) is 2.17. The summed E-state index contributed by atoms with van der Waals surface area (Å²) in [6.07, 6.45) is -4.41. The van der Waals surface area contributed by atoms with Crippen LogP contribution in [0.25, 0.3) is 11.1 Å². The van der Waals surface area contributed by atoms with Crippen LogP contribution in [0, 0.1) is 0 Å². The number of rotatable bonds is 2. The molecule has 0 spiro atoms. The predicted octanol–water partition coefficient (Wildman–Crippen LogP) is 4.48. The van der Waals surface area contributed by atoms with E-state index in [-0.39, 0.29) is 10.6 Å². The third kappa shape index (κ3) is 2.91. The molecule has 0 atom stereocenters. The van der Waals surface area contributed by atoms with Crippen LogP contribution in [0.15, 0.2) is 42.5 Å². The molecular formula is C14H11ClF3N. The molecule has 0 radical (unpaired) electrons. The van der Waals surface area contributed by atoms with E-state index in [4.69, 9.17) is 17.3 Å². The van der Waals surface area contributed by atoms with Gasteiger partial charge < -0.3 is 5.73 Å². The van der Waals surface area contributed by atoms with Crippen LogP contribution in [0.2, 0.25) is 5.02 Å². The molecule has 2 aromatic carbocycles. The van der Waals surface area contributed by atoms with Crippen molar-refractivity contribution in [1.82, 2.24) is 0 Å². The van der Waals surface area contributed by atoms with Crippen molar-refractivity contribution in [1.29, 1.82) is 0 Å². The predicted molar refractivity (Wildman–Crippen MR) is 69.8 cm³/mol. The minimum absolute atomic E-state index is 0.0728. The Morgan fingerprint density at radius 1 is 1.00 bits per heavy atom. The van der Waals surface area contributed by atoms with Gasteiger partial charge in [-0.1, -0.05) is 41.9 Å². The van der Waals surface area contributed by atoms with Gasteiger partial charge in [0.25, 0.3) is 0 Å². The summed E-state index contributed by atoms with van der Waals surface area (Å²) in [5.41, 5.74) is 5.97. The maximum Gasteiger partial charge on any atom is 0.417 e. The maximum absolute atomic E-state index is 12.9. The van der Waals surface area contributed by atoms with Gasteiger partial charge in [0.1, 0.15) is 0 Å². The average Bonchev–Trinajstić information content (AvgIpc) is 2.37. The summed E-state index contributed by atoms with van der Waals surface area (Å²) in [5, 5.41) is 0.264. The van der Waals surface area contributed by atoms with Crippen molar-refractivity contribution < 1.29 is 13.2 Å². The van der Waals surface area contributed by atoms with E-state index in [2.05, 4.69) is 0 Å². The van der Waals surface area contributed by atoms with E-state index in [1.807, 2.05) is 0 Å². The molecule has 0 aromatic heterocycles. The van der Waals surface area contributed by atoms with E-state index in [1.54, 1.807) is 24.3 Å². The highest BCUT2D eigenvalue weighted by Gasteiger charge is 2.33. The molecule has 0 aliphatic carbocycles. The quantitative estimate of drug-likeness (QED) is 0.865. The summed E-state index contributed by atoms with van der Waals surface area (Å²) in [4.78, 5) is 0. The van der Waals surface area contributed by atoms with Gasteiger partial charge in [-0.2, -0.15) is 13.2 Å². The van der Waals surface area contributed by atoms with Gasteiger partial charge in [0, 0.05) is 17.1 Å². The second kappa shape index (κ2) is 5.23. The van der Waals surface area contributed by atoms with E-state index in [0.29, 0.717) is 12.1 Å². The van der Waals surface area contributed by atoms with E-state index in [9.17, 15) is 13.2 Å². The number of hydrogen-bond acceptors (Lipinski definition) is 1. The second-order valence-electron chi connectivity index (χ2n) is 4.06. The number of benzene rings is 2. The van der Waals surface area contributed by atoms with Gasteiger partial charge in [0.2, 0.25) is 0 Å². The van der Waals surface area contributed by atoms with Gasteiger partial charge >= 0.3 is 6.18 Å². The number of nitrogens with two attached hydrogens (primary N) is 1. The molecule has 0 heterocycles. The highest BCUT2D eigenvalue weighted by molar-refractivity contribution is 6.33. The van der Waals surface area contributed by atoms with Gasteiger partial charge in [-0.15, -0.1) is 0 Å². The summed E-state index contributed by atoms with van der Waals surface area (Å²) in [7, 11) is 0. The van der Waals surface area contributed by atoms with Crippen LogP contribution >= 0.6 is 11.6 Å². The molecule has 0 unspecified atom stereocenters. The summed E-state index contributed by atoms with van der Waals surface area (Å²) in [5.74, 6) is 0. The summed E-state index contributed by atoms with van der Waals surface area (Å²) >= 11 is 6.04. The van der Waals surface area contributed by atoms with Crippen molar-refractivity contribution in [2.75, 3.05) is 0 Å².